The van der Waals surface area contributed by atoms with Crippen LogP contribution in [-0.2, 0) is 19.1 Å². The normalized spacial score (nSPS) is 43.6. The van der Waals surface area contributed by atoms with Gasteiger partial charge in [-0.15, -0.1) is 0 Å². The summed E-state index contributed by atoms with van der Waals surface area (Å²) >= 11 is 0. The number of fused-ring (bicyclic) bond motifs is 5. The molecule has 4 aliphatic carbocycles. The molecule has 8 unspecified atom stereocenters. The number of hydrogen-bond donors (Lipinski definition) is 0. The first-order chi connectivity index (χ1) is 16.5. The Morgan fingerprint density at radius 2 is 1.40 bits per heavy atom. The molecular weight excluding hydrogens is 436 g/mol. The van der Waals surface area contributed by atoms with Crippen molar-refractivity contribution in [2.24, 2.45) is 52.3 Å². The molecule has 0 aromatic rings. The lowest BCUT2D eigenvalue weighted by Crippen LogP contribution is -2.59. The molecule has 35 heavy (non-hydrogen) atoms. The van der Waals surface area contributed by atoms with Crippen molar-refractivity contribution in [1.29, 1.82) is 0 Å². The summed E-state index contributed by atoms with van der Waals surface area (Å²) < 4.78 is 11.6. The topological polar surface area (TPSA) is 52.6 Å². The first kappa shape index (κ1) is 27.0. The fraction of sp³-hybridized carbons (Fsp3) is 0.935. The maximum atomic E-state index is 12.0. The van der Waals surface area contributed by atoms with Crippen LogP contribution in [0.4, 0.5) is 0 Å². The van der Waals surface area contributed by atoms with Crippen LogP contribution in [0.25, 0.3) is 0 Å². The van der Waals surface area contributed by atoms with Gasteiger partial charge in [0, 0.05) is 19.8 Å². The van der Waals surface area contributed by atoms with Crippen LogP contribution in [0, 0.1) is 52.3 Å². The number of carbonyl (C=O) groups is 2. The summed E-state index contributed by atoms with van der Waals surface area (Å²) in [6, 6.07) is 0. The predicted molar refractivity (Wildman–Crippen MR) is 140 cm³/mol. The van der Waals surface area contributed by atoms with E-state index in [-0.39, 0.29) is 29.6 Å². The van der Waals surface area contributed by atoms with E-state index < -0.39 is 0 Å². The Balaban J connectivity index is 1.50. The lowest BCUT2D eigenvalue weighted by molar-refractivity contribution is -0.205. The average Bonchev–Trinajstić information content (AvgIpc) is 3.12. The summed E-state index contributed by atoms with van der Waals surface area (Å²) in [7, 11) is 0. The summed E-state index contributed by atoms with van der Waals surface area (Å²) in [6.45, 7) is 15.3. The highest BCUT2D eigenvalue weighted by molar-refractivity contribution is 5.67. The van der Waals surface area contributed by atoms with Crippen molar-refractivity contribution >= 4 is 11.9 Å². The number of rotatable bonds is 7. The molecule has 0 saturated heterocycles. The van der Waals surface area contributed by atoms with Gasteiger partial charge in [-0.25, -0.2) is 0 Å². The smallest absolute Gasteiger partial charge is 0.303 e. The monoisotopic (exact) mass is 488 g/mol. The lowest BCUT2D eigenvalue weighted by Gasteiger charge is -2.62. The molecule has 4 nitrogen and oxygen atoms in total. The van der Waals surface area contributed by atoms with Crippen molar-refractivity contribution in [3.8, 4) is 0 Å². The Bertz CT molecular complexity index is 776. The van der Waals surface area contributed by atoms with Crippen molar-refractivity contribution in [2.45, 2.75) is 131 Å². The summed E-state index contributed by atoms with van der Waals surface area (Å²) in [4.78, 5) is 23.8. The van der Waals surface area contributed by atoms with Crippen LogP contribution in [0.3, 0.4) is 0 Å². The summed E-state index contributed by atoms with van der Waals surface area (Å²) in [5.74, 6) is 4.64. The number of hydrogen-bond acceptors (Lipinski definition) is 4. The predicted octanol–water partition coefficient (Wildman–Crippen LogP) is 7.58. The highest BCUT2D eigenvalue weighted by atomic mass is 16.6. The van der Waals surface area contributed by atoms with E-state index in [1.165, 1.54) is 65.2 Å². The van der Waals surface area contributed by atoms with Crippen molar-refractivity contribution in [2.75, 3.05) is 0 Å². The molecule has 0 aliphatic heterocycles. The standard InChI is InChI=1S/C31H52O4/c1-19(2)9-8-10-20(3)24-13-14-25-23-11-12-27-29(35-22(5)33)28(34-21(4)32)16-18-31(27,7)26(23)15-17-30(24,25)6/h19-20,23-29H,8-18H2,1-7H3/t20-,23?,24?,25?,26?,27+,28?,29?,30?,31?/m1/s1. The van der Waals surface area contributed by atoms with Gasteiger partial charge in [-0.1, -0.05) is 53.9 Å². The minimum Gasteiger partial charge on any atom is -0.459 e. The van der Waals surface area contributed by atoms with Gasteiger partial charge in [-0.05, 0) is 97.7 Å². The first-order valence-electron chi connectivity index (χ1n) is 14.8. The van der Waals surface area contributed by atoms with Crippen LogP contribution >= 0.6 is 0 Å². The van der Waals surface area contributed by atoms with E-state index in [1.807, 2.05) is 0 Å². The maximum absolute atomic E-state index is 12.0. The average molecular weight is 489 g/mol. The zero-order valence-electron chi connectivity index (χ0n) is 23.6. The molecule has 4 heteroatoms. The number of esters is 2. The molecule has 4 aliphatic rings. The molecule has 4 saturated carbocycles. The van der Waals surface area contributed by atoms with Crippen LogP contribution in [0.1, 0.15) is 119 Å². The molecule has 4 fully saturated rings. The van der Waals surface area contributed by atoms with E-state index in [2.05, 4.69) is 34.6 Å². The van der Waals surface area contributed by atoms with Gasteiger partial charge in [0.15, 0.2) is 0 Å². The van der Waals surface area contributed by atoms with Crippen molar-refractivity contribution in [1.82, 2.24) is 0 Å². The Hall–Kier alpha value is -1.06. The minimum atomic E-state index is -0.290. The fourth-order valence-electron chi connectivity index (χ4n) is 9.99. The van der Waals surface area contributed by atoms with Crippen LogP contribution < -0.4 is 0 Å². The van der Waals surface area contributed by atoms with Crippen LogP contribution in [-0.4, -0.2) is 24.1 Å². The molecule has 0 amide bonds. The lowest BCUT2D eigenvalue weighted by atomic mass is 9.44. The SMILES string of the molecule is CC(=O)OC1CCC2(C)C3CCC4(C)C(CCC4[C@H](C)CCCC(C)C)C3CC[C@H]2C1OC(C)=O. The summed E-state index contributed by atoms with van der Waals surface area (Å²) in [5, 5.41) is 0. The maximum Gasteiger partial charge on any atom is 0.303 e. The molecule has 0 heterocycles. The highest BCUT2D eigenvalue weighted by Crippen LogP contribution is 2.68. The van der Waals surface area contributed by atoms with Gasteiger partial charge in [0.05, 0.1) is 0 Å². The molecular formula is C31H52O4. The second-order valence-corrected chi connectivity index (χ2v) is 13.9. The molecule has 0 aromatic heterocycles. The number of ether oxygens (including phenoxy) is 2. The Kier molecular flexibility index (Phi) is 7.99. The van der Waals surface area contributed by atoms with Crippen LogP contribution in [0.15, 0.2) is 0 Å². The zero-order chi connectivity index (χ0) is 25.5. The van der Waals surface area contributed by atoms with Gasteiger partial charge in [0.25, 0.3) is 0 Å². The molecule has 0 aromatic carbocycles. The fourth-order valence-corrected chi connectivity index (χ4v) is 9.99. The van der Waals surface area contributed by atoms with Crippen LogP contribution in [0.5, 0.6) is 0 Å². The second kappa shape index (κ2) is 10.4. The van der Waals surface area contributed by atoms with E-state index in [1.54, 1.807) is 0 Å². The third-order valence-electron chi connectivity index (χ3n) is 11.5. The molecule has 0 spiro atoms. The Morgan fingerprint density at radius 1 is 0.771 bits per heavy atom. The first-order valence-corrected chi connectivity index (χ1v) is 14.8. The molecule has 0 bridgehead atoms. The van der Waals surface area contributed by atoms with Gasteiger partial charge in [-0.2, -0.15) is 0 Å². The van der Waals surface area contributed by atoms with E-state index in [0.29, 0.717) is 17.3 Å². The second-order valence-electron chi connectivity index (χ2n) is 13.9. The van der Waals surface area contributed by atoms with Gasteiger partial charge in [-0.3, -0.25) is 9.59 Å². The summed E-state index contributed by atoms with van der Waals surface area (Å²) in [5.41, 5.74) is 0.661. The van der Waals surface area contributed by atoms with E-state index >= 15 is 0 Å². The molecule has 4 rings (SSSR count). The third kappa shape index (κ3) is 5.06. The third-order valence-corrected chi connectivity index (χ3v) is 11.5. The van der Waals surface area contributed by atoms with Crippen molar-refractivity contribution < 1.29 is 19.1 Å². The quantitative estimate of drug-likeness (QED) is 0.347. The van der Waals surface area contributed by atoms with Gasteiger partial charge >= 0.3 is 11.9 Å². The molecule has 10 atom stereocenters. The number of carbonyl (C=O) groups excluding carboxylic acids is 2. The highest BCUT2D eigenvalue weighted by Gasteiger charge is 2.63. The molecule has 0 radical (unpaired) electrons. The molecule has 0 N–H and O–H groups in total. The van der Waals surface area contributed by atoms with Gasteiger partial charge in [0.2, 0.25) is 0 Å². The van der Waals surface area contributed by atoms with Gasteiger partial charge in [0.1, 0.15) is 12.2 Å². The van der Waals surface area contributed by atoms with E-state index in [4.69, 9.17) is 9.47 Å². The van der Waals surface area contributed by atoms with E-state index in [0.717, 1.165) is 48.9 Å². The van der Waals surface area contributed by atoms with Crippen molar-refractivity contribution in [3.63, 3.8) is 0 Å². The van der Waals surface area contributed by atoms with Crippen LogP contribution in [0.2, 0.25) is 0 Å². The molecule has 200 valence electrons. The Morgan fingerprint density at radius 3 is 2.06 bits per heavy atom. The van der Waals surface area contributed by atoms with Crippen molar-refractivity contribution in [3.05, 3.63) is 0 Å². The largest absolute Gasteiger partial charge is 0.459 e. The zero-order valence-corrected chi connectivity index (χ0v) is 23.6. The summed E-state index contributed by atoms with van der Waals surface area (Å²) in [6.07, 6.45) is 13.2. The Labute approximate surface area is 214 Å². The van der Waals surface area contributed by atoms with E-state index in [9.17, 15) is 9.59 Å². The minimum absolute atomic E-state index is 0.169. The van der Waals surface area contributed by atoms with Gasteiger partial charge < -0.3 is 9.47 Å².